The highest BCUT2D eigenvalue weighted by Crippen LogP contribution is 2.42. The van der Waals surface area contributed by atoms with Crippen LogP contribution in [0, 0.1) is 0 Å². The Bertz CT molecular complexity index is 1770. The van der Waals surface area contributed by atoms with Crippen molar-refractivity contribution in [2.75, 3.05) is 18.1 Å². The van der Waals surface area contributed by atoms with Gasteiger partial charge in [-0.05, 0) is 61.6 Å². The molecule has 2 heterocycles. The molecule has 8 heteroatoms. The van der Waals surface area contributed by atoms with Crippen molar-refractivity contribution in [3.63, 3.8) is 0 Å². The minimum atomic E-state index is -3.77. The van der Waals surface area contributed by atoms with Crippen molar-refractivity contribution in [1.29, 1.82) is 0 Å². The highest BCUT2D eigenvalue weighted by atomic mass is 32.2. The first-order valence-corrected chi connectivity index (χ1v) is 16.2. The quantitative estimate of drug-likeness (QED) is 0.176. The number of hydrogen-bond donors (Lipinski definition) is 2. The lowest BCUT2D eigenvalue weighted by Gasteiger charge is -2.21. The number of sulfonamides is 1. The molecule has 2 N–H and O–H groups in total. The van der Waals surface area contributed by atoms with Crippen LogP contribution in [0.3, 0.4) is 0 Å². The Morgan fingerprint density at radius 2 is 1.56 bits per heavy atom. The lowest BCUT2D eigenvalue weighted by Crippen LogP contribution is -2.40. The van der Waals surface area contributed by atoms with Gasteiger partial charge in [0.05, 0.1) is 0 Å². The maximum atomic E-state index is 13.2. The molecule has 41 heavy (non-hydrogen) atoms. The number of thioether (sulfide) groups is 1. The molecular weight excluding hydrogens is 549 g/mol. The van der Waals surface area contributed by atoms with E-state index in [1.54, 1.807) is 12.3 Å². The molecule has 3 aromatic carbocycles. The molecule has 0 atom stereocenters. The Labute approximate surface area is 246 Å². The van der Waals surface area contributed by atoms with Crippen molar-refractivity contribution in [2.24, 2.45) is 0 Å². The van der Waals surface area contributed by atoms with Gasteiger partial charge in [0.15, 0.2) is 0 Å². The van der Waals surface area contributed by atoms with E-state index < -0.39 is 15.6 Å². The molecule has 6 nitrogen and oxygen atoms in total. The summed E-state index contributed by atoms with van der Waals surface area (Å²) in [4.78, 5) is 9.60. The van der Waals surface area contributed by atoms with Gasteiger partial charge in [0.1, 0.15) is 15.7 Å². The molecule has 2 aromatic heterocycles. The van der Waals surface area contributed by atoms with Gasteiger partial charge >= 0.3 is 0 Å². The number of rotatable bonds is 9. The molecule has 0 spiro atoms. The average molecular weight is 583 g/mol. The first kappa shape index (κ1) is 28.8. The molecular formula is C33H34N4O2S2. The van der Waals surface area contributed by atoms with Crippen molar-refractivity contribution in [1.82, 2.24) is 14.7 Å². The molecule has 0 radical (unpaired) electrons. The third-order valence-electron chi connectivity index (χ3n) is 6.58. The van der Waals surface area contributed by atoms with E-state index in [9.17, 15) is 8.42 Å². The molecule has 0 amide bonds. The number of fused-ring (bicyclic) bond motifs is 1. The summed E-state index contributed by atoms with van der Waals surface area (Å²) in [5.74, 6) is 0.801. The number of anilines is 1. The predicted octanol–water partition coefficient (Wildman–Crippen LogP) is 7.42. The molecule has 210 valence electrons. The molecule has 0 aliphatic rings. The van der Waals surface area contributed by atoms with Crippen LogP contribution in [0.1, 0.15) is 26.3 Å². The Kier molecular flexibility index (Phi) is 8.45. The average Bonchev–Trinajstić information content (AvgIpc) is 2.96. The van der Waals surface area contributed by atoms with Crippen molar-refractivity contribution in [3.05, 3.63) is 103 Å². The lowest BCUT2D eigenvalue weighted by atomic mass is 9.94. The zero-order valence-electron chi connectivity index (χ0n) is 23.7. The second-order valence-electron chi connectivity index (χ2n) is 10.9. The van der Waals surface area contributed by atoms with Crippen LogP contribution >= 0.6 is 11.8 Å². The zero-order chi connectivity index (χ0) is 29.0. The Balaban J connectivity index is 1.68. The monoisotopic (exact) mass is 582 g/mol. The minimum Gasteiger partial charge on any atom is -0.369 e. The van der Waals surface area contributed by atoms with E-state index in [-0.39, 0.29) is 4.90 Å². The number of hydrogen-bond acceptors (Lipinski definition) is 6. The summed E-state index contributed by atoms with van der Waals surface area (Å²) in [6.45, 7) is 6.18. The third kappa shape index (κ3) is 6.62. The summed E-state index contributed by atoms with van der Waals surface area (Å²) in [6.07, 6.45) is 5.95. The summed E-state index contributed by atoms with van der Waals surface area (Å²) >= 11 is 1.53. The third-order valence-corrected chi connectivity index (χ3v) is 8.98. The molecule has 0 unspecified atom stereocenters. The van der Waals surface area contributed by atoms with Crippen LogP contribution in [0.5, 0.6) is 0 Å². The molecule has 0 aliphatic carbocycles. The molecule has 0 fully saturated rings. The SMILES string of the molecule is CSc1nc(NCCc2ccccc2)c2c(-c3ccccc3)cccc2c1-c1cncc(S(=O)(=O)NC(C)(C)C)c1. The lowest BCUT2D eigenvalue weighted by molar-refractivity contribution is 0.491. The predicted molar refractivity (Wildman–Crippen MR) is 171 cm³/mol. The van der Waals surface area contributed by atoms with Gasteiger partial charge in [0.25, 0.3) is 0 Å². The van der Waals surface area contributed by atoms with Gasteiger partial charge in [-0.1, -0.05) is 78.9 Å². The maximum absolute atomic E-state index is 13.2. The Hall–Kier alpha value is -3.72. The second-order valence-corrected chi connectivity index (χ2v) is 13.3. The smallest absolute Gasteiger partial charge is 0.242 e. The van der Waals surface area contributed by atoms with Gasteiger partial charge in [-0.25, -0.2) is 18.1 Å². The van der Waals surface area contributed by atoms with Gasteiger partial charge in [-0.15, -0.1) is 11.8 Å². The fourth-order valence-corrected chi connectivity index (χ4v) is 6.91. The van der Waals surface area contributed by atoms with Crippen LogP contribution in [0.25, 0.3) is 33.0 Å². The zero-order valence-corrected chi connectivity index (χ0v) is 25.3. The van der Waals surface area contributed by atoms with E-state index in [0.717, 1.165) is 51.3 Å². The second kappa shape index (κ2) is 12.0. The van der Waals surface area contributed by atoms with Crippen LogP contribution in [0.4, 0.5) is 5.82 Å². The number of benzene rings is 3. The van der Waals surface area contributed by atoms with Gasteiger partial charge in [0, 0.05) is 41.0 Å². The summed E-state index contributed by atoms with van der Waals surface area (Å²) in [6, 6.07) is 28.6. The summed E-state index contributed by atoms with van der Waals surface area (Å²) in [7, 11) is -3.77. The molecule has 5 aromatic rings. The van der Waals surface area contributed by atoms with E-state index in [1.165, 1.54) is 23.5 Å². The number of nitrogens with one attached hydrogen (secondary N) is 2. The van der Waals surface area contributed by atoms with Crippen molar-refractivity contribution in [3.8, 4) is 22.3 Å². The van der Waals surface area contributed by atoms with E-state index >= 15 is 0 Å². The summed E-state index contributed by atoms with van der Waals surface area (Å²) in [5, 5.41) is 6.38. The van der Waals surface area contributed by atoms with Crippen molar-refractivity contribution >= 4 is 38.4 Å². The fraction of sp³-hybridized carbons (Fsp3) is 0.212. The van der Waals surface area contributed by atoms with Gasteiger partial charge in [-0.3, -0.25) is 4.98 Å². The van der Waals surface area contributed by atoms with Crippen LogP contribution in [-0.2, 0) is 16.4 Å². The van der Waals surface area contributed by atoms with E-state index in [1.807, 2.05) is 57.4 Å². The first-order chi connectivity index (χ1) is 19.7. The van der Waals surface area contributed by atoms with Gasteiger partial charge in [0.2, 0.25) is 10.0 Å². The summed E-state index contributed by atoms with van der Waals surface area (Å²) < 4.78 is 29.1. The van der Waals surface area contributed by atoms with E-state index in [0.29, 0.717) is 5.56 Å². The number of pyridine rings is 2. The van der Waals surface area contributed by atoms with Crippen LogP contribution in [0.15, 0.2) is 107 Å². The minimum absolute atomic E-state index is 0.120. The van der Waals surface area contributed by atoms with Crippen molar-refractivity contribution in [2.45, 2.75) is 42.7 Å². The maximum Gasteiger partial charge on any atom is 0.242 e. The van der Waals surface area contributed by atoms with Crippen molar-refractivity contribution < 1.29 is 8.42 Å². The molecule has 0 saturated heterocycles. The molecule has 0 aliphatic heterocycles. The Morgan fingerprint density at radius 3 is 2.24 bits per heavy atom. The first-order valence-electron chi connectivity index (χ1n) is 13.5. The van der Waals surface area contributed by atoms with Gasteiger partial charge in [-0.2, -0.15) is 0 Å². The summed E-state index contributed by atoms with van der Waals surface area (Å²) in [5.41, 5.74) is 4.33. The molecule has 0 saturated carbocycles. The van der Waals surface area contributed by atoms with Gasteiger partial charge < -0.3 is 5.32 Å². The highest BCUT2D eigenvalue weighted by Gasteiger charge is 2.24. The topological polar surface area (TPSA) is 84.0 Å². The molecule has 5 rings (SSSR count). The Morgan fingerprint density at radius 1 is 0.854 bits per heavy atom. The largest absolute Gasteiger partial charge is 0.369 e. The normalized spacial score (nSPS) is 12.0. The molecule has 0 bridgehead atoms. The highest BCUT2D eigenvalue weighted by molar-refractivity contribution is 7.98. The fourth-order valence-electron chi connectivity index (χ4n) is 4.89. The standard InChI is InChI=1S/C33H34N4O2S2/c1-33(2,3)37-41(38,39)26-20-25(21-34-22-26)29-28-17-11-16-27(24-14-9-6-10-15-24)30(28)31(36-32(29)40-4)35-19-18-23-12-7-5-8-13-23/h5-17,20-22,37H,18-19H2,1-4H3,(H,35,36). The van der Waals surface area contributed by atoms with Crippen LogP contribution in [-0.4, -0.2) is 36.7 Å². The van der Waals surface area contributed by atoms with Crippen LogP contribution in [0.2, 0.25) is 0 Å². The number of aromatic nitrogens is 2. The number of nitrogens with zero attached hydrogens (tertiary/aromatic N) is 2. The van der Waals surface area contributed by atoms with Crippen LogP contribution < -0.4 is 10.0 Å². The van der Waals surface area contributed by atoms with E-state index in [4.69, 9.17) is 4.98 Å². The van der Waals surface area contributed by atoms with E-state index in [2.05, 4.69) is 63.6 Å².